The van der Waals surface area contributed by atoms with Gasteiger partial charge in [0, 0.05) is 18.7 Å². The molecular formula is C16H20N2O3. The van der Waals surface area contributed by atoms with E-state index in [1.165, 1.54) is 7.11 Å². The quantitative estimate of drug-likeness (QED) is 0.853. The molecule has 1 atom stereocenters. The number of nitriles is 1. The lowest BCUT2D eigenvalue weighted by atomic mass is 10.1. The molecule has 1 saturated heterocycles. The van der Waals surface area contributed by atoms with Gasteiger partial charge >= 0.3 is 0 Å². The van der Waals surface area contributed by atoms with E-state index in [2.05, 4.69) is 6.07 Å². The third kappa shape index (κ3) is 3.27. The van der Waals surface area contributed by atoms with E-state index >= 15 is 0 Å². The van der Waals surface area contributed by atoms with Crippen LogP contribution in [-0.4, -0.2) is 36.6 Å². The lowest BCUT2D eigenvalue weighted by molar-refractivity contribution is -0.144. The third-order valence-corrected chi connectivity index (χ3v) is 3.61. The minimum Gasteiger partial charge on any atom is -0.493 e. The summed E-state index contributed by atoms with van der Waals surface area (Å²) < 4.78 is 11.1. The number of carbonyl (C=O) groups excluding carboxylic acids is 1. The predicted octanol–water partition coefficient (Wildman–Crippen LogP) is 2.35. The van der Waals surface area contributed by atoms with Gasteiger partial charge in [-0.3, -0.25) is 4.79 Å². The first-order valence-electron chi connectivity index (χ1n) is 7.12. The summed E-state index contributed by atoms with van der Waals surface area (Å²) >= 11 is 0. The molecule has 0 aliphatic carbocycles. The highest BCUT2D eigenvalue weighted by Gasteiger charge is 2.32. The fourth-order valence-corrected chi connectivity index (χ4v) is 2.48. The molecule has 1 heterocycles. The van der Waals surface area contributed by atoms with Crippen molar-refractivity contribution in [2.24, 2.45) is 0 Å². The molecule has 5 heteroatoms. The van der Waals surface area contributed by atoms with Crippen molar-refractivity contribution >= 4 is 5.91 Å². The molecule has 1 unspecified atom stereocenters. The van der Waals surface area contributed by atoms with Crippen molar-refractivity contribution in [3.05, 3.63) is 23.8 Å². The highest BCUT2D eigenvalue weighted by Crippen LogP contribution is 2.30. The van der Waals surface area contributed by atoms with Gasteiger partial charge in [-0.1, -0.05) is 0 Å². The number of hydrogen-bond donors (Lipinski definition) is 0. The van der Waals surface area contributed by atoms with E-state index < -0.39 is 6.10 Å². The smallest absolute Gasteiger partial charge is 0.263 e. The Morgan fingerprint density at radius 2 is 2.14 bits per heavy atom. The second-order valence-electron chi connectivity index (χ2n) is 5.35. The highest BCUT2D eigenvalue weighted by atomic mass is 16.5. The summed E-state index contributed by atoms with van der Waals surface area (Å²) in [6, 6.07) is 7.18. The Bertz CT molecular complexity index is 563. The molecule has 1 fully saturated rings. The number of benzene rings is 1. The SMILES string of the molecule is COc1cc(C#N)ccc1OC1CCCN(C(C)C)C1=O. The van der Waals surface area contributed by atoms with E-state index in [4.69, 9.17) is 14.7 Å². The Hall–Kier alpha value is -2.22. The predicted molar refractivity (Wildman–Crippen MR) is 78.2 cm³/mol. The molecule has 1 aliphatic rings. The molecule has 0 N–H and O–H groups in total. The first-order valence-corrected chi connectivity index (χ1v) is 7.12. The largest absolute Gasteiger partial charge is 0.493 e. The fraction of sp³-hybridized carbons (Fsp3) is 0.500. The van der Waals surface area contributed by atoms with Crippen molar-refractivity contribution in [1.82, 2.24) is 4.90 Å². The number of hydrogen-bond acceptors (Lipinski definition) is 4. The molecule has 21 heavy (non-hydrogen) atoms. The van der Waals surface area contributed by atoms with Crippen LogP contribution in [-0.2, 0) is 4.79 Å². The van der Waals surface area contributed by atoms with Gasteiger partial charge in [0.2, 0.25) is 0 Å². The third-order valence-electron chi connectivity index (χ3n) is 3.61. The second-order valence-corrected chi connectivity index (χ2v) is 5.35. The summed E-state index contributed by atoms with van der Waals surface area (Å²) in [5.74, 6) is 0.992. The van der Waals surface area contributed by atoms with Crippen LogP contribution in [0.4, 0.5) is 0 Å². The Kier molecular flexibility index (Phi) is 4.69. The van der Waals surface area contributed by atoms with Crippen LogP contribution in [0.5, 0.6) is 11.5 Å². The number of nitrogens with zero attached hydrogens (tertiary/aromatic N) is 2. The van der Waals surface area contributed by atoms with E-state index in [0.29, 0.717) is 23.5 Å². The lowest BCUT2D eigenvalue weighted by Crippen LogP contribution is -2.49. The second kappa shape index (κ2) is 6.49. The number of ether oxygens (including phenoxy) is 2. The Labute approximate surface area is 125 Å². The van der Waals surface area contributed by atoms with Gasteiger partial charge in [-0.25, -0.2) is 0 Å². The molecule has 112 valence electrons. The number of amides is 1. The molecular weight excluding hydrogens is 268 g/mol. The van der Waals surface area contributed by atoms with Crippen LogP contribution in [0.2, 0.25) is 0 Å². The van der Waals surface area contributed by atoms with Gasteiger partial charge in [0.1, 0.15) is 0 Å². The Morgan fingerprint density at radius 3 is 2.76 bits per heavy atom. The molecule has 5 nitrogen and oxygen atoms in total. The van der Waals surface area contributed by atoms with E-state index in [1.54, 1.807) is 18.2 Å². The zero-order valence-electron chi connectivity index (χ0n) is 12.6. The zero-order valence-corrected chi connectivity index (χ0v) is 12.6. The van der Waals surface area contributed by atoms with Crippen molar-refractivity contribution in [2.75, 3.05) is 13.7 Å². The van der Waals surface area contributed by atoms with Gasteiger partial charge in [-0.05, 0) is 38.8 Å². The van der Waals surface area contributed by atoms with Crippen LogP contribution in [0.25, 0.3) is 0 Å². The number of carbonyl (C=O) groups is 1. The van der Waals surface area contributed by atoms with Crippen molar-refractivity contribution in [1.29, 1.82) is 5.26 Å². The average Bonchev–Trinajstić information content (AvgIpc) is 2.49. The van der Waals surface area contributed by atoms with Crippen molar-refractivity contribution in [3.63, 3.8) is 0 Å². The van der Waals surface area contributed by atoms with E-state index in [1.807, 2.05) is 18.7 Å². The normalized spacial score (nSPS) is 18.5. The number of methoxy groups -OCH3 is 1. The lowest BCUT2D eigenvalue weighted by Gasteiger charge is -2.35. The molecule has 2 rings (SSSR count). The van der Waals surface area contributed by atoms with E-state index in [9.17, 15) is 4.79 Å². The minimum atomic E-state index is -0.483. The van der Waals surface area contributed by atoms with Crippen molar-refractivity contribution < 1.29 is 14.3 Å². The standard InChI is InChI=1S/C16H20N2O3/c1-11(2)18-8-4-5-14(16(18)19)21-13-7-6-12(10-17)9-15(13)20-3/h6-7,9,11,14H,4-5,8H2,1-3H3. The molecule has 0 aromatic heterocycles. The maximum absolute atomic E-state index is 12.4. The van der Waals surface area contributed by atoms with Crippen LogP contribution in [0, 0.1) is 11.3 Å². The van der Waals surface area contributed by atoms with Gasteiger partial charge in [0.05, 0.1) is 18.7 Å². The van der Waals surface area contributed by atoms with Gasteiger partial charge in [-0.15, -0.1) is 0 Å². The van der Waals surface area contributed by atoms with Gasteiger partial charge < -0.3 is 14.4 Å². The molecule has 0 radical (unpaired) electrons. The first-order chi connectivity index (χ1) is 10.1. The van der Waals surface area contributed by atoms with Gasteiger partial charge in [-0.2, -0.15) is 5.26 Å². The summed E-state index contributed by atoms with van der Waals surface area (Å²) in [7, 11) is 1.52. The summed E-state index contributed by atoms with van der Waals surface area (Å²) in [6.07, 6.45) is 1.14. The van der Waals surface area contributed by atoms with Gasteiger partial charge in [0.15, 0.2) is 17.6 Å². The molecule has 0 spiro atoms. The summed E-state index contributed by atoms with van der Waals surface area (Å²) in [4.78, 5) is 14.2. The monoisotopic (exact) mass is 288 g/mol. The number of piperidine rings is 1. The maximum atomic E-state index is 12.4. The van der Waals surface area contributed by atoms with Crippen molar-refractivity contribution in [2.45, 2.75) is 38.8 Å². The topological polar surface area (TPSA) is 62.6 Å². The Morgan fingerprint density at radius 1 is 1.38 bits per heavy atom. The molecule has 0 saturated carbocycles. The number of likely N-dealkylation sites (tertiary alicyclic amines) is 1. The molecule has 1 aromatic carbocycles. The maximum Gasteiger partial charge on any atom is 0.263 e. The van der Waals surface area contributed by atoms with Crippen molar-refractivity contribution in [3.8, 4) is 17.6 Å². The highest BCUT2D eigenvalue weighted by molar-refractivity contribution is 5.82. The van der Waals surface area contributed by atoms with Crippen LogP contribution >= 0.6 is 0 Å². The van der Waals surface area contributed by atoms with Crippen LogP contribution in [0.15, 0.2) is 18.2 Å². The van der Waals surface area contributed by atoms with Crippen LogP contribution < -0.4 is 9.47 Å². The van der Waals surface area contributed by atoms with E-state index in [-0.39, 0.29) is 11.9 Å². The molecule has 1 aromatic rings. The van der Waals surface area contributed by atoms with E-state index in [0.717, 1.165) is 13.0 Å². The number of rotatable bonds is 4. The zero-order chi connectivity index (χ0) is 15.4. The fourth-order valence-electron chi connectivity index (χ4n) is 2.48. The molecule has 1 amide bonds. The average molecular weight is 288 g/mol. The molecule has 1 aliphatic heterocycles. The van der Waals surface area contributed by atoms with Gasteiger partial charge in [0.25, 0.3) is 5.91 Å². The van der Waals surface area contributed by atoms with Crippen LogP contribution in [0.1, 0.15) is 32.3 Å². The van der Waals surface area contributed by atoms with Crippen LogP contribution in [0.3, 0.4) is 0 Å². The summed E-state index contributed by atoms with van der Waals surface area (Å²) in [5.41, 5.74) is 0.498. The Balaban J connectivity index is 2.18. The first kappa shape index (κ1) is 15.2. The minimum absolute atomic E-state index is 0.0164. The summed E-state index contributed by atoms with van der Waals surface area (Å²) in [5, 5.41) is 8.90. The summed E-state index contributed by atoms with van der Waals surface area (Å²) in [6.45, 7) is 4.78. The molecule has 0 bridgehead atoms.